The van der Waals surface area contributed by atoms with Crippen molar-refractivity contribution in [2.24, 2.45) is 0 Å². The zero-order chi connectivity index (χ0) is 23.5. The molecule has 0 bridgehead atoms. The Kier molecular flexibility index (Phi) is 9.64. The highest BCUT2D eigenvalue weighted by atomic mass is 79.9. The van der Waals surface area contributed by atoms with Crippen molar-refractivity contribution >= 4 is 27.9 Å². The maximum Gasteiger partial charge on any atom is 0.262 e. The Bertz CT molecular complexity index is 1040. The molecule has 0 unspecified atom stereocenters. The van der Waals surface area contributed by atoms with Crippen LogP contribution in [0.5, 0.6) is 23.0 Å². The van der Waals surface area contributed by atoms with Crippen LogP contribution in [0.3, 0.4) is 0 Å². The molecule has 32 heavy (non-hydrogen) atoms. The Morgan fingerprint density at radius 2 is 1.91 bits per heavy atom. The Labute approximate surface area is 196 Å². The summed E-state index contributed by atoms with van der Waals surface area (Å²) in [4.78, 5) is 12.7. The van der Waals surface area contributed by atoms with Crippen LogP contribution < -0.4 is 24.3 Å². The molecule has 7 nitrogen and oxygen atoms in total. The molecule has 0 atom stereocenters. The van der Waals surface area contributed by atoms with E-state index in [0.29, 0.717) is 46.2 Å². The molecule has 0 aliphatic carbocycles. The van der Waals surface area contributed by atoms with E-state index in [0.717, 1.165) is 5.56 Å². The van der Waals surface area contributed by atoms with Crippen LogP contribution in [-0.2, 0) is 11.3 Å². The summed E-state index contributed by atoms with van der Waals surface area (Å²) in [6.07, 6.45) is 3.12. The van der Waals surface area contributed by atoms with Gasteiger partial charge < -0.3 is 24.3 Å². The molecule has 0 spiro atoms. The van der Waals surface area contributed by atoms with Gasteiger partial charge in [0.25, 0.3) is 5.91 Å². The minimum Gasteiger partial charge on any atom is -0.497 e. The Balaban J connectivity index is 2.25. The highest BCUT2D eigenvalue weighted by molar-refractivity contribution is 9.10. The highest BCUT2D eigenvalue weighted by Crippen LogP contribution is 2.35. The van der Waals surface area contributed by atoms with Crippen molar-refractivity contribution in [2.45, 2.75) is 13.5 Å². The van der Waals surface area contributed by atoms with Crippen LogP contribution in [0.15, 0.2) is 53.0 Å². The maximum absolute atomic E-state index is 12.7. The first-order valence-corrected chi connectivity index (χ1v) is 10.6. The number of carbonyl (C=O) groups is 1. The zero-order valence-electron chi connectivity index (χ0n) is 18.2. The smallest absolute Gasteiger partial charge is 0.262 e. The van der Waals surface area contributed by atoms with Crippen LogP contribution in [0.2, 0.25) is 0 Å². The van der Waals surface area contributed by atoms with Gasteiger partial charge in [-0.05, 0) is 42.8 Å². The molecule has 8 heteroatoms. The summed E-state index contributed by atoms with van der Waals surface area (Å²) in [5.41, 5.74) is 1.30. The third-order valence-electron chi connectivity index (χ3n) is 4.32. The number of halogens is 1. The molecule has 0 aromatic heterocycles. The molecule has 0 aliphatic heterocycles. The topological polar surface area (TPSA) is 89.8 Å². The lowest BCUT2D eigenvalue weighted by molar-refractivity contribution is -0.117. The number of nitrogens with one attached hydrogen (secondary N) is 1. The second-order valence-electron chi connectivity index (χ2n) is 6.38. The van der Waals surface area contributed by atoms with E-state index in [9.17, 15) is 10.1 Å². The lowest BCUT2D eigenvalue weighted by atomic mass is 10.1. The average molecular weight is 501 g/mol. The Morgan fingerprint density at radius 3 is 2.53 bits per heavy atom. The van der Waals surface area contributed by atoms with Gasteiger partial charge in [0, 0.05) is 22.6 Å². The summed E-state index contributed by atoms with van der Waals surface area (Å²) in [7, 11) is 3.10. The number of ether oxygens (including phenoxy) is 4. The van der Waals surface area contributed by atoms with Crippen LogP contribution in [0, 0.1) is 11.3 Å². The number of nitriles is 1. The van der Waals surface area contributed by atoms with Gasteiger partial charge in [0.05, 0.1) is 20.8 Å². The normalized spacial score (nSPS) is 10.7. The third kappa shape index (κ3) is 6.53. The van der Waals surface area contributed by atoms with Crippen molar-refractivity contribution in [3.8, 4) is 29.1 Å². The molecule has 168 valence electrons. The molecule has 0 aliphatic rings. The van der Waals surface area contributed by atoms with Crippen molar-refractivity contribution in [2.75, 3.05) is 27.4 Å². The molecule has 2 rings (SSSR count). The average Bonchev–Trinajstić information content (AvgIpc) is 2.81. The largest absolute Gasteiger partial charge is 0.497 e. The van der Waals surface area contributed by atoms with Crippen LogP contribution in [0.1, 0.15) is 18.1 Å². The number of methoxy groups -OCH3 is 2. The summed E-state index contributed by atoms with van der Waals surface area (Å²) < 4.78 is 22.4. The predicted molar refractivity (Wildman–Crippen MR) is 126 cm³/mol. The third-order valence-corrected chi connectivity index (χ3v) is 5.00. The minimum atomic E-state index is -0.512. The lowest BCUT2D eigenvalue weighted by Gasteiger charge is -2.13. The number of amides is 1. The monoisotopic (exact) mass is 500 g/mol. The number of benzene rings is 2. The first-order chi connectivity index (χ1) is 15.5. The minimum absolute atomic E-state index is 0.0552. The number of nitrogens with zero attached hydrogens (tertiary/aromatic N) is 1. The van der Waals surface area contributed by atoms with E-state index in [-0.39, 0.29) is 12.1 Å². The van der Waals surface area contributed by atoms with Gasteiger partial charge in [0.15, 0.2) is 11.5 Å². The molecule has 0 fully saturated rings. The number of hydrogen-bond acceptors (Lipinski definition) is 6. The highest BCUT2D eigenvalue weighted by Gasteiger charge is 2.14. The van der Waals surface area contributed by atoms with E-state index in [1.807, 2.05) is 13.0 Å². The zero-order valence-corrected chi connectivity index (χ0v) is 19.8. The van der Waals surface area contributed by atoms with Gasteiger partial charge in [-0.25, -0.2) is 0 Å². The molecular formula is C24H25BrN2O5. The molecule has 1 N–H and O–H groups in total. The first-order valence-electron chi connectivity index (χ1n) is 9.78. The van der Waals surface area contributed by atoms with Crippen molar-refractivity contribution < 1.29 is 23.7 Å². The second kappa shape index (κ2) is 12.4. The van der Waals surface area contributed by atoms with Crippen molar-refractivity contribution in [3.05, 3.63) is 64.2 Å². The number of rotatable bonds is 11. The molecule has 0 saturated heterocycles. The van der Waals surface area contributed by atoms with E-state index >= 15 is 0 Å². The SMILES string of the molecule is C=CCOc1cc(Br)c(/C=C(\C#N)C(=O)NCc2ccc(OC)cc2OC)cc1OCC. The van der Waals surface area contributed by atoms with Crippen LogP contribution in [-0.4, -0.2) is 33.3 Å². The van der Waals surface area contributed by atoms with E-state index in [1.54, 1.807) is 43.5 Å². The first kappa shape index (κ1) is 24.8. The Hall–Kier alpha value is -3.44. The Morgan fingerprint density at radius 1 is 1.16 bits per heavy atom. The van der Waals surface area contributed by atoms with Crippen molar-refractivity contribution in [3.63, 3.8) is 0 Å². The van der Waals surface area contributed by atoms with Gasteiger partial charge in [-0.15, -0.1) is 0 Å². The van der Waals surface area contributed by atoms with E-state index in [2.05, 4.69) is 27.8 Å². The molecule has 0 heterocycles. The lowest BCUT2D eigenvalue weighted by Crippen LogP contribution is -2.24. The van der Waals surface area contributed by atoms with Crippen LogP contribution >= 0.6 is 15.9 Å². The van der Waals surface area contributed by atoms with Gasteiger partial charge in [-0.2, -0.15) is 5.26 Å². The number of hydrogen-bond donors (Lipinski definition) is 1. The molecule has 1 amide bonds. The maximum atomic E-state index is 12.7. The summed E-state index contributed by atoms with van der Waals surface area (Å²) in [5, 5.41) is 12.3. The van der Waals surface area contributed by atoms with E-state index in [1.165, 1.54) is 13.2 Å². The molecule has 2 aromatic carbocycles. The fourth-order valence-electron chi connectivity index (χ4n) is 2.76. The summed E-state index contributed by atoms with van der Waals surface area (Å²) in [6, 6.07) is 10.7. The van der Waals surface area contributed by atoms with E-state index < -0.39 is 5.91 Å². The fraction of sp³-hybridized carbons (Fsp3) is 0.250. The summed E-state index contributed by atoms with van der Waals surface area (Å²) in [6.45, 7) is 6.44. The van der Waals surface area contributed by atoms with Gasteiger partial charge in [0.2, 0.25) is 0 Å². The van der Waals surface area contributed by atoms with E-state index in [4.69, 9.17) is 18.9 Å². The van der Waals surface area contributed by atoms with Crippen LogP contribution in [0.4, 0.5) is 0 Å². The standard InChI is InChI=1S/C24H25BrN2O5/c1-5-9-32-23-13-20(25)17(11-22(23)31-6-2)10-18(14-26)24(28)27-15-16-7-8-19(29-3)12-21(16)30-4/h5,7-8,10-13H,1,6,9,15H2,2-4H3,(H,27,28)/b18-10+. The summed E-state index contributed by atoms with van der Waals surface area (Å²) in [5.74, 6) is 1.74. The predicted octanol–water partition coefficient (Wildman–Crippen LogP) is 4.65. The van der Waals surface area contributed by atoms with Gasteiger partial charge >= 0.3 is 0 Å². The molecule has 2 aromatic rings. The summed E-state index contributed by atoms with van der Waals surface area (Å²) >= 11 is 3.46. The van der Waals surface area contributed by atoms with Gasteiger partial charge in [-0.1, -0.05) is 28.6 Å². The second-order valence-corrected chi connectivity index (χ2v) is 7.24. The van der Waals surface area contributed by atoms with Gasteiger partial charge in [0.1, 0.15) is 29.7 Å². The molecule has 0 radical (unpaired) electrons. The van der Waals surface area contributed by atoms with Gasteiger partial charge in [-0.3, -0.25) is 4.79 Å². The molecule has 0 saturated carbocycles. The fourth-order valence-corrected chi connectivity index (χ4v) is 3.20. The number of carbonyl (C=O) groups excluding carboxylic acids is 1. The van der Waals surface area contributed by atoms with Crippen molar-refractivity contribution in [1.82, 2.24) is 5.32 Å². The van der Waals surface area contributed by atoms with Crippen LogP contribution in [0.25, 0.3) is 6.08 Å². The molecular weight excluding hydrogens is 476 g/mol. The quantitative estimate of drug-likeness (QED) is 0.274. The van der Waals surface area contributed by atoms with Crippen molar-refractivity contribution in [1.29, 1.82) is 5.26 Å².